The summed E-state index contributed by atoms with van der Waals surface area (Å²) in [5.74, 6) is -0.0294. The summed E-state index contributed by atoms with van der Waals surface area (Å²) in [7, 11) is -3.30. The van der Waals surface area contributed by atoms with E-state index in [0.29, 0.717) is 17.8 Å². The lowest BCUT2D eigenvalue weighted by molar-refractivity contribution is -0.117. The van der Waals surface area contributed by atoms with E-state index in [1.165, 1.54) is 0 Å². The first-order chi connectivity index (χ1) is 12.3. The molecule has 0 spiro atoms. The molecule has 2 amide bonds. The minimum atomic E-state index is -3.30. The van der Waals surface area contributed by atoms with Gasteiger partial charge in [-0.15, -0.1) is 0 Å². The predicted octanol–water partition coefficient (Wildman–Crippen LogP) is 1.58. The Morgan fingerprint density at radius 1 is 1.19 bits per heavy atom. The first kappa shape index (κ1) is 18.8. The number of sulfonamides is 1. The van der Waals surface area contributed by atoms with Crippen molar-refractivity contribution in [2.75, 3.05) is 24.7 Å². The number of anilines is 1. The lowest BCUT2D eigenvalue weighted by atomic mass is 10.0. The second kappa shape index (κ2) is 7.75. The number of nitrogens with zero attached hydrogens (tertiary/aromatic N) is 1. The van der Waals surface area contributed by atoms with Gasteiger partial charge in [-0.3, -0.25) is 9.59 Å². The van der Waals surface area contributed by atoms with Crippen molar-refractivity contribution in [1.82, 2.24) is 9.62 Å². The average Bonchev–Trinajstić information content (AvgIpc) is 3.44. The maximum atomic E-state index is 13.0. The zero-order chi connectivity index (χ0) is 18.7. The molecule has 7 nitrogen and oxygen atoms in total. The molecule has 1 atom stereocenters. The van der Waals surface area contributed by atoms with Gasteiger partial charge in [0.2, 0.25) is 15.9 Å². The molecule has 2 fully saturated rings. The normalized spacial score (nSPS) is 20.7. The summed E-state index contributed by atoms with van der Waals surface area (Å²) in [4.78, 5) is 26.6. The third-order valence-electron chi connectivity index (χ3n) is 4.79. The number of carbonyl (C=O) groups excluding carboxylic acids is 2. The molecular weight excluding hydrogens is 354 g/mol. The lowest BCUT2D eigenvalue weighted by Crippen LogP contribution is -2.49. The third kappa shape index (κ3) is 5.04. The van der Waals surface area contributed by atoms with Gasteiger partial charge in [-0.2, -0.15) is 0 Å². The Kier molecular flexibility index (Phi) is 5.62. The van der Waals surface area contributed by atoms with E-state index in [0.717, 1.165) is 38.4 Å². The second-order valence-corrected chi connectivity index (χ2v) is 8.95. The molecule has 26 heavy (non-hydrogen) atoms. The van der Waals surface area contributed by atoms with E-state index in [2.05, 4.69) is 10.0 Å². The van der Waals surface area contributed by atoms with E-state index in [4.69, 9.17) is 0 Å². The monoisotopic (exact) mass is 379 g/mol. The summed E-state index contributed by atoms with van der Waals surface area (Å²) < 4.78 is 25.3. The van der Waals surface area contributed by atoms with Crippen LogP contribution in [0.15, 0.2) is 24.3 Å². The van der Waals surface area contributed by atoms with Crippen LogP contribution < -0.4 is 10.0 Å². The van der Waals surface area contributed by atoms with Crippen molar-refractivity contribution in [2.24, 2.45) is 5.92 Å². The van der Waals surface area contributed by atoms with Gasteiger partial charge >= 0.3 is 0 Å². The molecular formula is C18H25N3O4S. The van der Waals surface area contributed by atoms with Gasteiger partial charge in [0, 0.05) is 36.3 Å². The molecule has 1 aliphatic carbocycles. The average molecular weight is 379 g/mol. The van der Waals surface area contributed by atoms with Gasteiger partial charge < -0.3 is 10.2 Å². The van der Waals surface area contributed by atoms with Gasteiger partial charge in [0.05, 0.1) is 6.26 Å². The molecule has 1 aromatic rings. The van der Waals surface area contributed by atoms with Gasteiger partial charge in [-0.1, -0.05) is 6.07 Å². The Morgan fingerprint density at radius 2 is 1.96 bits per heavy atom. The van der Waals surface area contributed by atoms with E-state index in [1.807, 2.05) is 0 Å². The van der Waals surface area contributed by atoms with Crippen LogP contribution in [0.3, 0.4) is 0 Å². The number of benzene rings is 1. The Balaban J connectivity index is 1.70. The summed E-state index contributed by atoms with van der Waals surface area (Å²) in [5, 5.41) is 2.86. The van der Waals surface area contributed by atoms with Crippen LogP contribution in [-0.2, 0) is 14.8 Å². The molecule has 2 aliphatic rings. The molecule has 1 aromatic carbocycles. The van der Waals surface area contributed by atoms with Crippen molar-refractivity contribution in [3.63, 3.8) is 0 Å². The standard InChI is InChI=1S/C18H25N3O4S/c1-26(24,25)19-12-16-7-2-3-10-21(16)18(23)14-5-4-6-15(11-14)20-17(22)13-8-9-13/h4-6,11,13,16,19H,2-3,7-10,12H2,1H3,(H,20,22). The van der Waals surface area contributed by atoms with Crippen molar-refractivity contribution in [3.8, 4) is 0 Å². The Bertz CT molecular complexity index is 789. The van der Waals surface area contributed by atoms with Crippen molar-refractivity contribution < 1.29 is 18.0 Å². The number of nitrogens with one attached hydrogen (secondary N) is 2. The van der Waals surface area contributed by atoms with Crippen LogP contribution in [0.25, 0.3) is 0 Å². The van der Waals surface area contributed by atoms with Crippen molar-refractivity contribution in [1.29, 1.82) is 0 Å². The van der Waals surface area contributed by atoms with Gasteiger partial charge in [0.1, 0.15) is 0 Å². The lowest BCUT2D eigenvalue weighted by Gasteiger charge is -2.36. The highest BCUT2D eigenvalue weighted by atomic mass is 32.2. The molecule has 2 N–H and O–H groups in total. The van der Waals surface area contributed by atoms with Crippen molar-refractivity contribution in [3.05, 3.63) is 29.8 Å². The van der Waals surface area contributed by atoms with E-state index in [9.17, 15) is 18.0 Å². The number of likely N-dealkylation sites (tertiary alicyclic amines) is 1. The molecule has 0 aromatic heterocycles. The van der Waals surface area contributed by atoms with E-state index >= 15 is 0 Å². The van der Waals surface area contributed by atoms with Gasteiger partial charge in [-0.05, 0) is 50.3 Å². The molecule has 1 saturated carbocycles. The smallest absolute Gasteiger partial charge is 0.254 e. The van der Waals surface area contributed by atoms with Crippen molar-refractivity contribution >= 4 is 27.5 Å². The molecule has 1 unspecified atom stereocenters. The van der Waals surface area contributed by atoms with Crippen molar-refractivity contribution in [2.45, 2.75) is 38.1 Å². The number of amides is 2. The summed E-state index contributed by atoms with van der Waals surface area (Å²) >= 11 is 0. The fraction of sp³-hybridized carbons (Fsp3) is 0.556. The molecule has 1 saturated heterocycles. The third-order valence-corrected chi connectivity index (χ3v) is 5.49. The van der Waals surface area contributed by atoms with E-state index in [1.54, 1.807) is 29.2 Å². The minimum Gasteiger partial charge on any atom is -0.334 e. The maximum absolute atomic E-state index is 13.0. The van der Waals surface area contributed by atoms with Crippen LogP contribution in [0.4, 0.5) is 5.69 Å². The number of piperidine rings is 1. The van der Waals surface area contributed by atoms with Gasteiger partial charge in [0.25, 0.3) is 5.91 Å². The number of hydrogen-bond donors (Lipinski definition) is 2. The first-order valence-corrected chi connectivity index (χ1v) is 10.9. The van der Waals surface area contributed by atoms with Crippen LogP contribution in [0.1, 0.15) is 42.5 Å². The van der Waals surface area contributed by atoms with Crippen LogP contribution in [-0.4, -0.2) is 50.5 Å². The Hall–Kier alpha value is -1.93. The summed E-state index contributed by atoms with van der Waals surface area (Å²) in [6.45, 7) is 0.830. The van der Waals surface area contributed by atoms with Gasteiger partial charge in [0.15, 0.2) is 0 Å². The fourth-order valence-corrected chi connectivity index (χ4v) is 3.71. The number of carbonyl (C=O) groups is 2. The molecule has 1 heterocycles. The molecule has 0 radical (unpaired) electrons. The largest absolute Gasteiger partial charge is 0.334 e. The quantitative estimate of drug-likeness (QED) is 0.784. The highest BCUT2D eigenvalue weighted by Crippen LogP contribution is 2.30. The van der Waals surface area contributed by atoms with E-state index < -0.39 is 10.0 Å². The predicted molar refractivity (Wildman–Crippen MR) is 99.3 cm³/mol. The highest BCUT2D eigenvalue weighted by molar-refractivity contribution is 7.88. The Labute approximate surface area is 154 Å². The summed E-state index contributed by atoms with van der Waals surface area (Å²) in [6, 6.07) is 6.79. The zero-order valence-corrected chi connectivity index (χ0v) is 15.7. The van der Waals surface area contributed by atoms with Crippen LogP contribution in [0, 0.1) is 5.92 Å². The zero-order valence-electron chi connectivity index (χ0n) is 14.9. The highest BCUT2D eigenvalue weighted by Gasteiger charge is 2.30. The number of rotatable bonds is 6. The van der Waals surface area contributed by atoms with E-state index in [-0.39, 0.29) is 30.3 Å². The van der Waals surface area contributed by atoms with Gasteiger partial charge in [-0.25, -0.2) is 13.1 Å². The minimum absolute atomic E-state index is 0.00259. The summed E-state index contributed by atoms with van der Waals surface area (Å²) in [6.07, 6.45) is 5.61. The maximum Gasteiger partial charge on any atom is 0.254 e. The van der Waals surface area contributed by atoms with Crippen LogP contribution >= 0.6 is 0 Å². The molecule has 3 rings (SSSR count). The second-order valence-electron chi connectivity index (χ2n) is 7.11. The summed E-state index contributed by atoms with van der Waals surface area (Å²) in [5.41, 5.74) is 1.13. The van der Waals surface area contributed by atoms with Crippen LogP contribution in [0.5, 0.6) is 0 Å². The van der Waals surface area contributed by atoms with Crippen LogP contribution in [0.2, 0.25) is 0 Å². The topological polar surface area (TPSA) is 95.6 Å². The molecule has 1 aliphatic heterocycles. The number of hydrogen-bond acceptors (Lipinski definition) is 4. The first-order valence-electron chi connectivity index (χ1n) is 9.00. The fourth-order valence-electron chi connectivity index (χ4n) is 3.21. The molecule has 142 valence electrons. The Morgan fingerprint density at radius 3 is 2.65 bits per heavy atom. The molecule has 0 bridgehead atoms. The molecule has 8 heteroatoms. The SMILES string of the molecule is CS(=O)(=O)NCC1CCCCN1C(=O)c1cccc(NC(=O)C2CC2)c1.